The van der Waals surface area contributed by atoms with Crippen molar-refractivity contribution in [1.82, 2.24) is 9.80 Å². The summed E-state index contributed by atoms with van der Waals surface area (Å²) in [6.07, 6.45) is 1.06. The van der Waals surface area contributed by atoms with Gasteiger partial charge in [-0.1, -0.05) is 0 Å². The molecule has 1 unspecified atom stereocenters. The van der Waals surface area contributed by atoms with Crippen molar-refractivity contribution in [2.24, 2.45) is 0 Å². The highest BCUT2D eigenvalue weighted by atomic mass is 16.5. The van der Waals surface area contributed by atoms with E-state index >= 15 is 0 Å². The molecule has 114 valence electrons. The number of carbonyl (C=O) groups is 1. The monoisotopic (exact) mass is 289 g/mol. The van der Waals surface area contributed by atoms with Crippen molar-refractivity contribution >= 4 is 11.6 Å². The van der Waals surface area contributed by atoms with Crippen LogP contribution in [0, 0.1) is 6.92 Å². The van der Waals surface area contributed by atoms with Crippen LogP contribution in [-0.2, 0) is 4.74 Å². The van der Waals surface area contributed by atoms with Gasteiger partial charge < -0.3 is 15.4 Å². The zero-order valence-electron chi connectivity index (χ0n) is 12.5. The van der Waals surface area contributed by atoms with E-state index in [0.29, 0.717) is 6.04 Å². The molecule has 1 amide bonds. The second kappa shape index (κ2) is 6.03. The molecule has 2 aliphatic rings. The number of carbonyl (C=O) groups excluding carboxylic acids is 1. The molecule has 2 N–H and O–H groups in total. The average Bonchev–Trinajstić information content (AvgIpc) is 3.00. The van der Waals surface area contributed by atoms with Crippen LogP contribution >= 0.6 is 0 Å². The third kappa shape index (κ3) is 3.04. The van der Waals surface area contributed by atoms with E-state index < -0.39 is 0 Å². The molecule has 5 heteroatoms. The summed E-state index contributed by atoms with van der Waals surface area (Å²) in [7, 11) is 0. The molecule has 0 aromatic heterocycles. The van der Waals surface area contributed by atoms with Crippen molar-refractivity contribution in [2.75, 3.05) is 45.1 Å². The molecule has 2 fully saturated rings. The molecule has 0 spiro atoms. The Kier molecular flexibility index (Phi) is 4.12. The number of likely N-dealkylation sites (tertiary alicyclic amines) is 1. The van der Waals surface area contributed by atoms with E-state index in [1.807, 2.05) is 30.0 Å². The van der Waals surface area contributed by atoms with Crippen LogP contribution in [-0.4, -0.2) is 61.1 Å². The maximum absolute atomic E-state index is 12.6. The van der Waals surface area contributed by atoms with Gasteiger partial charge in [0.2, 0.25) is 0 Å². The lowest BCUT2D eigenvalue weighted by Crippen LogP contribution is -2.45. The van der Waals surface area contributed by atoms with E-state index in [1.165, 1.54) is 0 Å². The predicted octanol–water partition coefficient (Wildman–Crippen LogP) is 1.12. The van der Waals surface area contributed by atoms with E-state index in [9.17, 15) is 4.79 Å². The van der Waals surface area contributed by atoms with Crippen molar-refractivity contribution < 1.29 is 9.53 Å². The maximum atomic E-state index is 12.6. The SMILES string of the molecule is Cc1cc(C(=O)N2CCC(N3CCOCC3)C2)ccc1N. The first-order valence-corrected chi connectivity index (χ1v) is 7.62. The summed E-state index contributed by atoms with van der Waals surface area (Å²) in [5.41, 5.74) is 8.26. The molecular weight excluding hydrogens is 266 g/mol. The zero-order chi connectivity index (χ0) is 14.8. The lowest BCUT2D eigenvalue weighted by Gasteiger charge is -2.32. The van der Waals surface area contributed by atoms with Gasteiger partial charge in [-0.05, 0) is 37.1 Å². The highest BCUT2D eigenvalue weighted by molar-refractivity contribution is 5.95. The molecular formula is C16H23N3O2. The predicted molar refractivity (Wildman–Crippen MR) is 82.3 cm³/mol. The fraction of sp³-hybridized carbons (Fsp3) is 0.562. The van der Waals surface area contributed by atoms with Crippen LogP contribution < -0.4 is 5.73 Å². The van der Waals surface area contributed by atoms with Crippen LogP contribution in [0.2, 0.25) is 0 Å². The van der Waals surface area contributed by atoms with Crippen LogP contribution in [0.15, 0.2) is 18.2 Å². The minimum absolute atomic E-state index is 0.119. The number of ether oxygens (including phenoxy) is 1. The van der Waals surface area contributed by atoms with Crippen molar-refractivity contribution in [3.63, 3.8) is 0 Å². The number of nitrogen functional groups attached to an aromatic ring is 1. The second-order valence-electron chi connectivity index (χ2n) is 5.91. The lowest BCUT2D eigenvalue weighted by atomic mass is 10.1. The average molecular weight is 289 g/mol. The molecule has 1 aromatic rings. The number of anilines is 1. The van der Waals surface area contributed by atoms with E-state index in [-0.39, 0.29) is 5.91 Å². The summed E-state index contributed by atoms with van der Waals surface area (Å²) in [4.78, 5) is 17.0. The van der Waals surface area contributed by atoms with Gasteiger partial charge in [-0.3, -0.25) is 9.69 Å². The fourth-order valence-electron chi connectivity index (χ4n) is 3.16. The van der Waals surface area contributed by atoms with Gasteiger partial charge in [-0.25, -0.2) is 0 Å². The van der Waals surface area contributed by atoms with Gasteiger partial charge in [0.05, 0.1) is 13.2 Å². The van der Waals surface area contributed by atoms with Crippen LogP contribution in [0.25, 0.3) is 0 Å². The Labute approximate surface area is 125 Å². The molecule has 0 saturated carbocycles. The Balaban J connectivity index is 1.64. The van der Waals surface area contributed by atoms with Gasteiger partial charge in [-0.15, -0.1) is 0 Å². The van der Waals surface area contributed by atoms with Crippen LogP contribution in [0.4, 0.5) is 5.69 Å². The van der Waals surface area contributed by atoms with Crippen molar-refractivity contribution in [2.45, 2.75) is 19.4 Å². The van der Waals surface area contributed by atoms with Gasteiger partial charge >= 0.3 is 0 Å². The lowest BCUT2D eigenvalue weighted by molar-refractivity contribution is 0.0185. The van der Waals surface area contributed by atoms with Crippen LogP contribution in [0.3, 0.4) is 0 Å². The van der Waals surface area contributed by atoms with E-state index in [0.717, 1.165) is 62.6 Å². The smallest absolute Gasteiger partial charge is 0.253 e. The maximum Gasteiger partial charge on any atom is 0.253 e. The summed E-state index contributed by atoms with van der Waals surface area (Å²) in [6.45, 7) is 7.17. The quantitative estimate of drug-likeness (QED) is 0.829. The number of hydrogen-bond acceptors (Lipinski definition) is 4. The zero-order valence-corrected chi connectivity index (χ0v) is 12.5. The highest BCUT2D eigenvalue weighted by Gasteiger charge is 2.31. The van der Waals surface area contributed by atoms with Gasteiger partial charge in [0.1, 0.15) is 0 Å². The van der Waals surface area contributed by atoms with Crippen LogP contribution in [0.5, 0.6) is 0 Å². The molecule has 21 heavy (non-hydrogen) atoms. The van der Waals surface area contributed by atoms with Crippen molar-refractivity contribution in [3.8, 4) is 0 Å². The number of nitrogens with zero attached hydrogens (tertiary/aromatic N) is 2. The number of morpholine rings is 1. The molecule has 2 heterocycles. The third-order valence-corrected chi connectivity index (χ3v) is 4.53. The summed E-state index contributed by atoms with van der Waals surface area (Å²) in [6, 6.07) is 6.01. The molecule has 0 aliphatic carbocycles. The molecule has 2 aliphatic heterocycles. The Morgan fingerprint density at radius 1 is 1.29 bits per heavy atom. The molecule has 2 saturated heterocycles. The minimum atomic E-state index is 0.119. The number of rotatable bonds is 2. The highest BCUT2D eigenvalue weighted by Crippen LogP contribution is 2.20. The first kappa shape index (κ1) is 14.4. The number of amides is 1. The van der Waals surface area contributed by atoms with Gasteiger partial charge in [0.25, 0.3) is 5.91 Å². The standard InChI is InChI=1S/C16H23N3O2/c1-12-10-13(2-3-15(12)17)16(20)19-5-4-14(11-19)18-6-8-21-9-7-18/h2-3,10,14H,4-9,11,17H2,1H3. The van der Waals surface area contributed by atoms with E-state index in [2.05, 4.69) is 4.90 Å². The van der Waals surface area contributed by atoms with Crippen LogP contribution in [0.1, 0.15) is 22.3 Å². The molecule has 1 atom stereocenters. The molecule has 5 nitrogen and oxygen atoms in total. The third-order valence-electron chi connectivity index (χ3n) is 4.53. The summed E-state index contributed by atoms with van der Waals surface area (Å²) in [5, 5.41) is 0. The fourth-order valence-corrected chi connectivity index (χ4v) is 3.16. The first-order chi connectivity index (χ1) is 10.1. The van der Waals surface area contributed by atoms with E-state index in [4.69, 9.17) is 10.5 Å². The minimum Gasteiger partial charge on any atom is -0.399 e. The van der Waals surface area contributed by atoms with Crippen molar-refractivity contribution in [1.29, 1.82) is 0 Å². The molecule has 1 aromatic carbocycles. The summed E-state index contributed by atoms with van der Waals surface area (Å²) < 4.78 is 5.39. The van der Waals surface area contributed by atoms with Crippen molar-refractivity contribution in [3.05, 3.63) is 29.3 Å². The number of aryl methyl sites for hydroxylation is 1. The summed E-state index contributed by atoms with van der Waals surface area (Å²) in [5.74, 6) is 0.119. The van der Waals surface area contributed by atoms with Gasteiger partial charge in [0, 0.05) is 43.5 Å². The number of benzene rings is 1. The van der Waals surface area contributed by atoms with E-state index in [1.54, 1.807) is 0 Å². The van der Waals surface area contributed by atoms with Gasteiger partial charge in [-0.2, -0.15) is 0 Å². The first-order valence-electron chi connectivity index (χ1n) is 7.62. The summed E-state index contributed by atoms with van der Waals surface area (Å²) >= 11 is 0. The number of hydrogen-bond donors (Lipinski definition) is 1. The second-order valence-corrected chi connectivity index (χ2v) is 5.91. The van der Waals surface area contributed by atoms with Gasteiger partial charge in [0.15, 0.2) is 0 Å². The molecule has 3 rings (SSSR count). The largest absolute Gasteiger partial charge is 0.399 e. The molecule has 0 bridgehead atoms. The Morgan fingerprint density at radius 2 is 2.05 bits per heavy atom. The molecule has 0 radical (unpaired) electrons. The number of nitrogens with two attached hydrogens (primary N) is 1. The Bertz CT molecular complexity index is 526. The normalized spacial score (nSPS) is 23.5. The Morgan fingerprint density at radius 3 is 2.76 bits per heavy atom. The Hall–Kier alpha value is -1.59. The topological polar surface area (TPSA) is 58.8 Å².